The minimum Gasteiger partial charge on any atom is -0.414 e. The fourth-order valence-electron chi connectivity index (χ4n) is 4.15. The zero-order valence-electron chi connectivity index (χ0n) is 20.3. The van der Waals surface area contributed by atoms with E-state index in [1.807, 2.05) is 6.92 Å². The Bertz CT molecular complexity index is 426. The SMILES string of the molecule is CC(C=O)C[C@@H](C)[C@H](O[Si](C)(C)C)[C@H](C)C[C@@H](C)[C@H](O[Si](C)(C)C)C(C)C. The van der Waals surface area contributed by atoms with Crippen molar-refractivity contribution in [2.45, 2.75) is 106 Å². The van der Waals surface area contributed by atoms with Gasteiger partial charge < -0.3 is 13.6 Å². The molecule has 3 nitrogen and oxygen atoms in total. The number of hydrogen-bond acceptors (Lipinski definition) is 3. The lowest BCUT2D eigenvalue weighted by Gasteiger charge is -2.39. The molecule has 0 bridgehead atoms. The molecule has 0 heterocycles. The molecular weight excluding hydrogens is 368 g/mol. The van der Waals surface area contributed by atoms with Crippen LogP contribution in [0, 0.1) is 29.6 Å². The van der Waals surface area contributed by atoms with Crippen molar-refractivity contribution in [1.82, 2.24) is 0 Å². The molecule has 0 aliphatic heterocycles. The summed E-state index contributed by atoms with van der Waals surface area (Å²) in [6.07, 6.45) is 3.59. The quantitative estimate of drug-likeness (QED) is 0.250. The van der Waals surface area contributed by atoms with Crippen LogP contribution in [-0.4, -0.2) is 35.1 Å². The lowest BCUT2D eigenvalue weighted by Crippen LogP contribution is -2.43. The minimum atomic E-state index is -1.66. The van der Waals surface area contributed by atoms with Crippen LogP contribution in [0.1, 0.15) is 54.4 Å². The predicted molar refractivity (Wildman–Crippen MR) is 123 cm³/mol. The van der Waals surface area contributed by atoms with Gasteiger partial charge in [0.2, 0.25) is 0 Å². The molecule has 6 atom stereocenters. The molecule has 0 saturated heterocycles. The second-order valence-corrected chi connectivity index (χ2v) is 20.1. The number of aldehydes is 1. The zero-order valence-corrected chi connectivity index (χ0v) is 22.3. The zero-order chi connectivity index (χ0) is 21.6. The van der Waals surface area contributed by atoms with Gasteiger partial charge in [0.25, 0.3) is 0 Å². The molecule has 0 spiro atoms. The van der Waals surface area contributed by atoms with Crippen LogP contribution in [0.4, 0.5) is 0 Å². The fraction of sp³-hybridized carbons (Fsp3) is 0.955. The van der Waals surface area contributed by atoms with Crippen LogP contribution in [-0.2, 0) is 13.6 Å². The molecule has 0 aliphatic rings. The maximum absolute atomic E-state index is 11.1. The molecule has 0 radical (unpaired) electrons. The van der Waals surface area contributed by atoms with E-state index < -0.39 is 16.6 Å². The van der Waals surface area contributed by atoms with Crippen molar-refractivity contribution >= 4 is 22.9 Å². The van der Waals surface area contributed by atoms with Crippen molar-refractivity contribution in [3.63, 3.8) is 0 Å². The molecule has 0 aromatic heterocycles. The third-order valence-electron chi connectivity index (χ3n) is 5.04. The van der Waals surface area contributed by atoms with Crippen LogP contribution in [0.2, 0.25) is 39.3 Å². The number of carbonyl (C=O) groups excluding carboxylic acids is 1. The molecule has 0 aromatic carbocycles. The van der Waals surface area contributed by atoms with Gasteiger partial charge in [-0.05, 0) is 75.8 Å². The second-order valence-electron chi connectivity index (χ2n) is 11.2. The van der Waals surface area contributed by atoms with E-state index in [9.17, 15) is 4.79 Å². The lowest BCUT2D eigenvalue weighted by molar-refractivity contribution is -0.111. The summed E-state index contributed by atoms with van der Waals surface area (Å²) >= 11 is 0. The van der Waals surface area contributed by atoms with Crippen molar-refractivity contribution in [1.29, 1.82) is 0 Å². The van der Waals surface area contributed by atoms with Gasteiger partial charge in [0.15, 0.2) is 16.6 Å². The van der Waals surface area contributed by atoms with E-state index >= 15 is 0 Å². The van der Waals surface area contributed by atoms with E-state index in [0.717, 1.165) is 19.1 Å². The van der Waals surface area contributed by atoms with Crippen LogP contribution in [0.3, 0.4) is 0 Å². The van der Waals surface area contributed by atoms with Gasteiger partial charge in [0.1, 0.15) is 6.29 Å². The van der Waals surface area contributed by atoms with E-state index in [-0.39, 0.29) is 12.0 Å². The third kappa shape index (κ3) is 11.6. The highest BCUT2D eigenvalue weighted by atomic mass is 28.4. The first-order valence-electron chi connectivity index (χ1n) is 10.9. The van der Waals surface area contributed by atoms with Gasteiger partial charge in [-0.2, -0.15) is 0 Å². The molecule has 162 valence electrons. The molecule has 0 aliphatic carbocycles. The molecule has 0 fully saturated rings. The van der Waals surface area contributed by atoms with Crippen molar-refractivity contribution in [2.24, 2.45) is 29.6 Å². The standard InChI is InChI=1S/C22H48O3Si2/c1-16(2)21(24-26(7,8)9)19(5)14-20(6)22(25-27(10,11)12)18(4)13-17(3)15-23/h15-22H,13-14H2,1-12H3/t17?,18-,19-,20-,21-,22+/m1/s1. The first-order chi connectivity index (χ1) is 12.1. The van der Waals surface area contributed by atoms with Crippen LogP contribution in [0.15, 0.2) is 0 Å². The molecule has 0 aromatic rings. The Hall–Kier alpha value is 0.0238. The molecule has 5 heteroatoms. The van der Waals surface area contributed by atoms with Crippen molar-refractivity contribution in [3.05, 3.63) is 0 Å². The van der Waals surface area contributed by atoms with Crippen LogP contribution >= 0.6 is 0 Å². The number of rotatable bonds is 13. The number of carbonyl (C=O) groups is 1. The molecule has 0 N–H and O–H groups in total. The summed E-state index contributed by atoms with van der Waals surface area (Å²) in [5.41, 5.74) is 0. The number of hydrogen-bond donors (Lipinski definition) is 0. The monoisotopic (exact) mass is 416 g/mol. The van der Waals surface area contributed by atoms with E-state index in [2.05, 4.69) is 73.9 Å². The van der Waals surface area contributed by atoms with Gasteiger partial charge in [0.05, 0.1) is 6.10 Å². The van der Waals surface area contributed by atoms with Crippen molar-refractivity contribution < 1.29 is 13.6 Å². The van der Waals surface area contributed by atoms with E-state index in [1.54, 1.807) is 0 Å². The predicted octanol–water partition coefficient (Wildman–Crippen LogP) is 6.61. The summed E-state index contributed by atoms with van der Waals surface area (Å²) in [5, 5.41) is 0. The summed E-state index contributed by atoms with van der Waals surface area (Å²) in [6, 6.07) is 0. The summed E-state index contributed by atoms with van der Waals surface area (Å²) in [7, 11) is -3.23. The average molecular weight is 417 g/mol. The maximum atomic E-state index is 11.1. The first-order valence-corrected chi connectivity index (χ1v) is 17.7. The topological polar surface area (TPSA) is 35.5 Å². The molecule has 0 saturated carbocycles. The molecule has 0 rings (SSSR count). The highest BCUT2D eigenvalue weighted by Crippen LogP contribution is 2.33. The third-order valence-corrected chi connectivity index (χ3v) is 7.00. The van der Waals surface area contributed by atoms with Crippen LogP contribution < -0.4 is 0 Å². The van der Waals surface area contributed by atoms with E-state index in [4.69, 9.17) is 8.85 Å². The van der Waals surface area contributed by atoms with Gasteiger partial charge in [0, 0.05) is 12.0 Å². The highest BCUT2D eigenvalue weighted by molar-refractivity contribution is 6.70. The Labute approximate surface area is 172 Å². The van der Waals surface area contributed by atoms with Gasteiger partial charge in [-0.25, -0.2) is 0 Å². The smallest absolute Gasteiger partial charge is 0.184 e. The van der Waals surface area contributed by atoms with E-state index in [0.29, 0.717) is 29.8 Å². The largest absolute Gasteiger partial charge is 0.414 e. The van der Waals surface area contributed by atoms with Crippen LogP contribution in [0.5, 0.6) is 0 Å². The maximum Gasteiger partial charge on any atom is 0.184 e. The summed E-state index contributed by atoms with van der Waals surface area (Å²) < 4.78 is 13.2. The summed E-state index contributed by atoms with van der Waals surface area (Å²) in [4.78, 5) is 11.1. The molecule has 27 heavy (non-hydrogen) atoms. The Morgan fingerprint density at radius 1 is 0.667 bits per heavy atom. The van der Waals surface area contributed by atoms with Gasteiger partial charge in [-0.3, -0.25) is 0 Å². The van der Waals surface area contributed by atoms with Crippen molar-refractivity contribution in [2.75, 3.05) is 0 Å². The average Bonchev–Trinajstić information content (AvgIpc) is 2.47. The second kappa shape index (κ2) is 11.3. The van der Waals surface area contributed by atoms with Gasteiger partial charge in [-0.15, -0.1) is 0 Å². The Morgan fingerprint density at radius 2 is 1.04 bits per heavy atom. The highest BCUT2D eigenvalue weighted by Gasteiger charge is 2.34. The van der Waals surface area contributed by atoms with E-state index in [1.165, 1.54) is 0 Å². The Kier molecular flexibility index (Phi) is 11.3. The summed E-state index contributed by atoms with van der Waals surface area (Å²) in [5.74, 6) is 1.94. The Balaban J connectivity index is 5.28. The molecule has 0 amide bonds. The summed E-state index contributed by atoms with van der Waals surface area (Å²) in [6.45, 7) is 27.1. The van der Waals surface area contributed by atoms with Gasteiger partial charge >= 0.3 is 0 Å². The molecular formula is C22H48O3Si2. The Morgan fingerprint density at radius 3 is 1.41 bits per heavy atom. The van der Waals surface area contributed by atoms with Crippen LogP contribution in [0.25, 0.3) is 0 Å². The first kappa shape index (κ1) is 27.0. The molecule has 1 unspecified atom stereocenters. The van der Waals surface area contributed by atoms with Crippen molar-refractivity contribution in [3.8, 4) is 0 Å². The minimum absolute atomic E-state index is 0.0935. The lowest BCUT2D eigenvalue weighted by atomic mass is 9.80. The normalized spacial score (nSPS) is 20.0. The van der Waals surface area contributed by atoms with Gasteiger partial charge in [-0.1, -0.05) is 41.5 Å². The fourth-order valence-corrected chi connectivity index (χ4v) is 6.75.